The molecule has 0 aliphatic carbocycles. The second kappa shape index (κ2) is 6.24. The number of para-hydroxylation sites is 1. The van der Waals surface area contributed by atoms with Crippen LogP contribution in [-0.2, 0) is 16.0 Å². The van der Waals surface area contributed by atoms with E-state index < -0.39 is 5.60 Å². The van der Waals surface area contributed by atoms with Gasteiger partial charge in [0, 0.05) is 6.92 Å². The Bertz CT molecular complexity index is 426. The van der Waals surface area contributed by atoms with Gasteiger partial charge in [0.2, 0.25) is 0 Å². The Labute approximate surface area is 108 Å². The Kier molecular flexibility index (Phi) is 4.95. The molecule has 0 bridgehead atoms. The lowest BCUT2D eigenvalue weighted by Crippen LogP contribution is -2.28. The first-order valence-corrected chi connectivity index (χ1v) is 5.96. The lowest BCUT2D eigenvalue weighted by atomic mass is 9.96. The molecule has 0 N–H and O–H groups in total. The molecule has 0 saturated carbocycles. The van der Waals surface area contributed by atoms with E-state index in [1.54, 1.807) is 13.2 Å². The highest BCUT2D eigenvalue weighted by molar-refractivity contribution is 5.66. The van der Waals surface area contributed by atoms with Gasteiger partial charge in [-0.1, -0.05) is 24.8 Å². The van der Waals surface area contributed by atoms with Crippen LogP contribution in [0.3, 0.4) is 0 Å². The number of esters is 1. The van der Waals surface area contributed by atoms with Crippen molar-refractivity contribution in [3.63, 3.8) is 0 Å². The molecular formula is C15H20O3. The van der Waals surface area contributed by atoms with Gasteiger partial charge in [0.15, 0.2) is 0 Å². The predicted octanol–water partition coefficient (Wildman–Crippen LogP) is 3.14. The molecule has 0 spiro atoms. The summed E-state index contributed by atoms with van der Waals surface area (Å²) in [5.74, 6) is 0.559. The van der Waals surface area contributed by atoms with Gasteiger partial charge in [-0.3, -0.25) is 4.79 Å². The van der Waals surface area contributed by atoms with Crippen molar-refractivity contribution in [1.82, 2.24) is 0 Å². The molecular weight excluding hydrogens is 228 g/mol. The highest BCUT2D eigenvalue weighted by Gasteiger charge is 2.23. The molecule has 0 amide bonds. The summed E-state index contributed by atoms with van der Waals surface area (Å²) in [4.78, 5) is 11.1. The topological polar surface area (TPSA) is 35.5 Å². The molecule has 0 heterocycles. The fourth-order valence-corrected chi connectivity index (χ4v) is 1.82. The summed E-state index contributed by atoms with van der Waals surface area (Å²) < 4.78 is 10.6. The Balaban J connectivity index is 2.73. The Morgan fingerprint density at radius 3 is 2.67 bits per heavy atom. The van der Waals surface area contributed by atoms with Crippen LogP contribution in [0.25, 0.3) is 0 Å². The Morgan fingerprint density at radius 1 is 1.44 bits per heavy atom. The van der Waals surface area contributed by atoms with Crippen molar-refractivity contribution in [3.8, 4) is 5.75 Å². The van der Waals surface area contributed by atoms with Crippen molar-refractivity contribution in [2.75, 3.05) is 7.11 Å². The fourth-order valence-electron chi connectivity index (χ4n) is 1.82. The molecule has 0 fully saturated rings. The molecule has 1 atom stereocenters. The molecule has 18 heavy (non-hydrogen) atoms. The lowest BCUT2D eigenvalue weighted by molar-refractivity contribution is -0.151. The third-order valence-electron chi connectivity index (χ3n) is 2.89. The number of carbonyl (C=O) groups excluding carboxylic acids is 1. The fraction of sp³-hybridized carbons (Fsp3) is 0.400. The zero-order valence-corrected chi connectivity index (χ0v) is 11.2. The van der Waals surface area contributed by atoms with Gasteiger partial charge in [-0.25, -0.2) is 0 Å². The van der Waals surface area contributed by atoms with Crippen LogP contribution in [0.1, 0.15) is 25.8 Å². The molecule has 0 saturated heterocycles. The second-order valence-electron chi connectivity index (χ2n) is 4.42. The number of methoxy groups -OCH3 is 1. The zero-order chi connectivity index (χ0) is 13.6. The van der Waals surface area contributed by atoms with Crippen molar-refractivity contribution < 1.29 is 14.3 Å². The number of carbonyl (C=O) groups is 1. The summed E-state index contributed by atoms with van der Waals surface area (Å²) in [5.41, 5.74) is 0.465. The summed E-state index contributed by atoms with van der Waals surface area (Å²) >= 11 is 0. The zero-order valence-electron chi connectivity index (χ0n) is 11.2. The molecule has 98 valence electrons. The Hall–Kier alpha value is -1.77. The summed E-state index contributed by atoms with van der Waals surface area (Å²) in [6.07, 6.45) is 3.11. The summed E-state index contributed by atoms with van der Waals surface area (Å²) in [5, 5.41) is 0. The summed E-state index contributed by atoms with van der Waals surface area (Å²) in [6.45, 7) is 7.00. The van der Waals surface area contributed by atoms with E-state index in [0.29, 0.717) is 6.42 Å². The van der Waals surface area contributed by atoms with E-state index in [4.69, 9.17) is 9.47 Å². The number of hydrogen-bond donors (Lipinski definition) is 0. The molecule has 0 aromatic heterocycles. The van der Waals surface area contributed by atoms with Crippen molar-refractivity contribution in [2.45, 2.75) is 32.3 Å². The Morgan fingerprint density at radius 2 is 2.11 bits per heavy atom. The minimum atomic E-state index is -0.632. The normalized spacial score (nSPS) is 13.5. The quantitative estimate of drug-likeness (QED) is 0.573. The van der Waals surface area contributed by atoms with Gasteiger partial charge in [-0.05, 0) is 37.5 Å². The molecule has 3 nitrogen and oxygen atoms in total. The molecule has 3 heteroatoms. The standard InChI is InChI=1S/C15H20O3/c1-5-15(3,18-12(2)16)11-10-13-8-6-7-9-14(13)17-4/h5-9H,1,10-11H2,2-4H3. The highest BCUT2D eigenvalue weighted by Crippen LogP contribution is 2.24. The SMILES string of the molecule is C=CC(C)(CCc1ccccc1OC)OC(C)=O. The van der Waals surface area contributed by atoms with Crippen molar-refractivity contribution in [3.05, 3.63) is 42.5 Å². The summed E-state index contributed by atoms with van der Waals surface area (Å²) in [6, 6.07) is 7.83. The maximum absolute atomic E-state index is 11.1. The average Bonchev–Trinajstić information content (AvgIpc) is 2.36. The van der Waals surface area contributed by atoms with Crippen molar-refractivity contribution in [1.29, 1.82) is 0 Å². The van der Waals surface area contributed by atoms with Crippen LogP contribution in [0.2, 0.25) is 0 Å². The van der Waals surface area contributed by atoms with Crippen LogP contribution in [0, 0.1) is 0 Å². The lowest BCUT2D eigenvalue weighted by Gasteiger charge is -2.25. The molecule has 0 aliphatic rings. The van der Waals surface area contributed by atoms with Crippen LogP contribution >= 0.6 is 0 Å². The van der Waals surface area contributed by atoms with E-state index in [2.05, 4.69) is 6.58 Å². The third-order valence-corrected chi connectivity index (χ3v) is 2.89. The van der Waals surface area contributed by atoms with Crippen LogP contribution < -0.4 is 4.74 Å². The maximum atomic E-state index is 11.1. The first kappa shape index (κ1) is 14.3. The van der Waals surface area contributed by atoms with E-state index in [-0.39, 0.29) is 5.97 Å². The van der Waals surface area contributed by atoms with Gasteiger partial charge >= 0.3 is 5.97 Å². The van der Waals surface area contributed by atoms with Gasteiger partial charge < -0.3 is 9.47 Å². The maximum Gasteiger partial charge on any atom is 0.303 e. The van der Waals surface area contributed by atoms with Gasteiger partial charge in [-0.15, -0.1) is 0 Å². The number of hydrogen-bond acceptors (Lipinski definition) is 3. The summed E-state index contributed by atoms with van der Waals surface area (Å²) in [7, 11) is 1.65. The van der Waals surface area contributed by atoms with Gasteiger partial charge in [0.1, 0.15) is 11.4 Å². The van der Waals surface area contributed by atoms with Crippen molar-refractivity contribution >= 4 is 5.97 Å². The van der Waals surface area contributed by atoms with Crippen LogP contribution in [0.15, 0.2) is 36.9 Å². The predicted molar refractivity (Wildman–Crippen MR) is 71.7 cm³/mol. The molecule has 0 radical (unpaired) electrons. The minimum Gasteiger partial charge on any atom is -0.496 e. The van der Waals surface area contributed by atoms with Gasteiger partial charge in [0.25, 0.3) is 0 Å². The van der Waals surface area contributed by atoms with Crippen LogP contribution in [-0.4, -0.2) is 18.7 Å². The molecule has 1 aromatic rings. The largest absolute Gasteiger partial charge is 0.496 e. The minimum absolute atomic E-state index is 0.294. The van der Waals surface area contributed by atoms with Gasteiger partial charge in [-0.2, -0.15) is 0 Å². The number of ether oxygens (including phenoxy) is 2. The smallest absolute Gasteiger partial charge is 0.303 e. The van der Waals surface area contributed by atoms with E-state index in [1.807, 2.05) is 31.2 Å². The van der Waals surface area contributed by atoms with Gasteiger partial charge in [0.05, 0.1) is 7.11 Å². The van der Waals surface area contributed by atoms with E-state index in [9.17, 15) is 4.79 Å². The molecule has 1 unspecified atom stereocenters. The molecule has 0 aliphatic heterocycles. The van der Waals surface area contributed by atoms with E-state index in [0.717, 1.165) is 17.7 Å². The third kappa shape index (κ3) is 3.91. The first-order chi connectivity index (χ1) is 8.50. The first-order valence-electron chi connectivity index (χ1n) is 5.96. The second-order valence-corrected chi connectivity index (χ2v) is 4.42. The monoisotopic (exact) mass is 248 g/mol. The van der Waals surface area contributed by atoms with Crippen LogP contribution in [0.5, 0.6) is 5.75 Å². The highest BCUT2D eigenvalue weighted by atomic mass is 16.6. The van der Waals surface area contributed by atoms with Crippen molar-refractivity contribution in [2.24, 2.45) is 0 Å². The molecule has 1 rings (SSSR count). The molecule has 1 aromatic carbocycles. The van der Waals surface area contributed by atoms with E-state index >= 15 is 0 Å². The van der Waals surface area contributed by atoms with Crippen LogP contribution in [0.4, 0.5) is 0 Å². The number of rotatable bonds is 6. The average molecular weight is 248 g/mol. The number of benzene rings is 1. The van der Waals surface area contributed by atoms with E-state index in [1.165, 1.54) is 6.92 Å². The number of aryl methyl sites for hydroxylation is 1.